The van der Waals surface area contributed by atoms with E-state index < -0.39 is 7.28 Å². The van der Waals surface area contributed by atoms with Gasteiger partial charge in [0.25, 0.3) is 0 Å². The Morgan fingerprint density at radius 3 is 1.94 bits per heavy atom. The molecule has 0 unspecified atom stereocenters. The second-order valence-electron chi connectivity index (χ2n) is 3.53. The van der Waals surface area contributed by atoms with Crippen molar-refractivity contribution in [2.45, 2.75) is 0 Å². The maximum absolute atomic E-state index is 10.2. The molecule has 0 saturated heterocycles. The Morgan fingerprint density at radius 1 is 1.00 bits per heavy atom. The van der Waals surface area contributed by atoms with Gasteiger partial charge in [-0.2, -0.15) is 0 Å². The Balaban J connectivity index is 2.87. The molecule has 2 N–H and O–H groups in total. The van der Waals surface area contributed by atoms with Crippen LogP contribution in [0.3, 0.4) is 0 Å². The van der Waals surface area contributed by atoms with Crippen LogP contribution in [-0.4, -0.2) is 33.9 Å². The normalized spacial score (nSPS) is 14.1. The predicted octanol–water partition coefficient (Wildman–Crippen LogP) is 2.83. The summed E-state index contributed by atoms with van der Waals surface area (Å²) in [6, 6.07) is 8.66. The van der Waals surface area contributed by atoms with Crippen molar-refractivity contribution in [3.63, 3.8) is 0 Å². The van der Waals surface area contributed by atoms with Crippen molar-refractivity contribution in [2.75, 3.05) is 24.1 Å². The minimum atomic E-state index is -4.23. The van der Waals surface area contributed by atoms with E-state index in [9.17, 15) is 9.79 Å². The molecule has 0 spiro atoms. The third-order valence-electron chi connectivity index (χ3n) is 2.13. The van der Waals surface area contributed by atoms with Gasteiger partial charge in [-0.15, -0.1) is 0 Å². The summed E-state index contributed by atoms with van der Waals surface area (Å²) < 4.78 is 5.34. The summed E-state index contributed by atoms with van der Waals surface area (Å²) in [5, 5.41) is 0. The van der Waals surface area contributed by atoms with E-state index in [0.717, 1.165) is 0 Å². The van der Waals surface area contributed by atoms with E-state index in [1.54, 1.807) is 24.3 Å². The van der Waals surface area contributed by atoms with Gasteiger partial charge in [0.1, 0.15) is 0 Å². The summed E-state index contributed by atoms with van der Waals surface area (Å²) in [6.45, 7) is 0. The molecule has 1 rings (SSSR count). The SMILES string of the molecule is OP(O)(CCCl)(CCCl)Oc1ccccc1. The van der Waals surface area contributed by atoms with Crippen molar-refractivity contribution in [3.05, 3.63) is 30.3 Å². The fourth-order valence-electron chi connectivity index (χ4n) is 1.27. The summed E-state index contributed by atoms with van der Waals surface area (Å²) >= 11 is 11.1. The van der Waals surface area contributed by atoms with Crippen LogP contribution in [0, 0.1) is 0 Å². The Kier molecular flexibility index (Phi) is 4.84. The van der Waals surface area contributed by atoms with Crippen molar-refractivity contribution < 1.29 is 14.3 Å². The predicted molar refractivity (Wildman–Crippen MR) is 69.6 cm³/mol. The molecule has 0 bridgehead atoms. The second-order valence-corrected chi connectivity index (χ2v) is 7.96. The number of para-hydroxylation sites is 1. The Hall–Kier alpha value is -0.0500. The average Bonchev–Trinajstić information content (AvgIpc) is 2.18. The van der Waals surface area contributed by atoms with E-state index >= 15 is 0 Å². The third kappa shape index (κ3) is 4.08. The quantitative estimate of drug-likeness (QED) is 0.624. The summed E-state index contributed by atoms with van der Waals surface area (Å²) in [5.74, 6) is 0.656. The van der Waals surface area contributed by atoms with E-state index in [4.69, 9.17) is 27.7 Å². The molecule has 6 heteroatoms. The van der Waals surface area contributed by atoms with Crippen molar-refractivity contribution in [3.8, 4) is 5.75 Å². The Morgan fingerprint density at radius 2 is 1.50 bits per heavy atom. The first-order valence-corrected chi connectivity index (χ1v) is 8.36. The molecular weight excluding hydrogens is 270 g/mol. The Labute approximate surface area is 105 Å². The summed E-state index contributed by atoms with van der Waals surface area (Å²) in [7, 11) is -4.23. The number of benzene rings is 1. The van der Waals surface area contributed by atoms with Gasteiger partial charge in [-0.25, -0.2) is 0 Å². The monoisotopic (exact) mass is 284 g/mol. The number of hydrogen-bond donors (Lipinski definition) is 2. The van der Waals surface area contributed by atoms with Gasteiger partial charge in [-0.05, 0) is 0 Å². The molecule has 1 aromatic carbocycles. The van der Waals surface area contributed by atoms with E-state index in [1.165, 1.54) is 0 Å². The zero-order valence-electron chi connectivity index (χ0n) is 8.72. The fourth-order valence-corrected chi connectivity index (χ4v) is 5.00. The molecular formula is C10H15Cl2O3P. The first kappa shape index (κ1) is 14.0. The van der Waals surface area contributed by atoms with Gasteiger partial charge >= 0.3 is 105 Å². The zero-order valence-corrected chi connectivity index (χ0v) is 11.1. The van der Waals surface area contributed by atoms with Gasteiger partial charge < -0.3 is 0 Å². The van der Waals surface area contributed by atoms with E-state index in [-0.39, 0.29) is 24.1 Å². The molecule has 0 aliphatic rings. The molecule has 0 saturated carbocycles. The molecule has 1 aromatic rings. The number of alkyl halides is 2. The number of halogens is 2. The van der Waals surface area contributed by atoms with Crippen molar-refractivity contribution in [1.82, 2.24) is 0 Å². The molecule has 0 aromatic heterocycles. The first-order valence-electron chi connectivity index (χ1n) is 4.86. The molecule has 3 nitrogen and oxygen atoms in total. The van der Waals surface area contributed by atoms with Gasteiger partial charge in [-0.3, -0.25) is 0 Å². The average molecular weight is 285 g/mol. The van der Waals surface area contributed by atoms with Crippen LogP contribution in [0.2, 0.25) is 0 Å². The van der Waals surface area contributed by atoms with Gasteiger partial charge in [-0.1, -0.05) is 0 Å². The molecule has 0 aliphatic heterocycles. The van der Waals surface area contributed by atoms with Crippen LogP contribution in [0.4, 0.5) is 0 Å². The molecule has 0 heterocycles. The van der Waals surface area contributed by atoms with E-state index in [2.05, 4.69) is 0 Å². The molecule has 16 heavy (non-hydrogen) atoms. The van der Waals surface area contributed by atoms with Gasteiger partial charge in [0.2, 0.25) is 0 Å². The standard InChI is InChI=1S/C10H15Cl2O3P/c11-6-8-16(13,14,9-7-12)15-10-4-2-1-3-5-10/h1-5,13-14H,6-9H2. The fraction of sp³-hybridized carbons (Fsp3) is 0.400. The minimum absolute atomic E-state index is 0.00870. The zero-order chi connectivity index (χ0) is 12.1. The van der Waals surface area contributed by atoms with Gasteiger partial charge in [0.15, 0.2) is 0 Å². The third-order valence-corrected chi connectivity index (χ3v) is 5.91. The van der Waals surface area contributed by atoms with Gasteiger partial charge in [0, 0.05) is 0 Å². The first-order chi connectivity index (χ1) is 7.48. The number of rotatable bonds is 6. The summed E-state index contributed by atoms with van der Waals surface area (Å²) in [6.07, 6.45) is 0.0174. The van der Waals surface area contributed by atoms with E-state index in [0.29, 0.717) is 5.75 Å². The molecule has 92 valence electrons. The van der Waals surface area contributed by atoms with Crippen LogP contribution in [-0.2, 0) is 0 Å². The molecule has 0 radical (unpaired) electrons. The summed E-state index contributed by atoms with van der Waals surface area (Å²) in [5.41, 5.74) is 0. The summed E-state index contributed by atoms with van der Waals surface area (Å²) in [4.78, 5) is 20.4. The van der Waals surface area contributed by atoms with Crippen LogP contribution in [0.15, 0.2) is 30.3 Å². The van der Waals surface area contributed by atoms with Crippen LogP contribution >= 0.6 is 30.5 Å². The molecule has 0 fully saturated rings. The van der Waals surface area contributed by atoms with E-state index in [1.807, 2.05) is 6.07 Å². The van der Waals surface area contributed by atoms with Crippen LogP contribution < -0.4 is 4.52 Å². The van der Waals surface area contributed by atoms with Crippen molar-refractivity contribution >= 4 is 30.5 Å². The number of hydrogen-bond acceptors (Lipinski definition) is 3. The van der Waals surface area contributed by atoms with Crippen molar-refractivity contribution in [1.29, 1.82) is 0 Å². The topological polar surface area (TPSA) is 49.7 Å². The molecule has 0 aliphatic carbocycles. The van der Waals surface area contributed by atoms with Crippen LogP contribution in [0.5, 0.6) is 5.75 Å². The van der Waals surface area contributed by atoms with Crippen LogP contribution in [0.1, 0.15) is 0 Å². The molecule has 0 amide bonds. The second kappa shape index (κ2) is 5.52. The maximum atomic E-state index is 10.2. The van der Waals surface area contributed by atoms with Crippen LogP contribution in [0.25, 0.3) is 0 Å². The molecule has 0 atom stereocenters. The van der Waals surface area contributed by atoms with Crippen molar-refractivity contribution in [2.24, 2.45) is 0 Å². The Bertz CT molecular complexity index is 322. The van der Waals surface area contributed by atoms with Gasteiger partial charge in [0.05, 0.1) is 0 Å².